The minimum absolute atomic E-state index is 0.250. The van der Waals surface area contributed by atoms with Gasteiger partial charge in [0.25, 0.3) is 5.91 Å². The lowest BCUT2D eigenvalue weighted by Gasteiger charge is -2.13. The van der Waals surface area contributed by atoms with Crippen molar-refractivity contribution in [2.24, 2.45) is 0 Å². The van der Waals surface area contributed by atoms with E-state index in [1.165, 1.54) is 36.9 Å². The van der Waals surface area contributed by atoms with Crippen LogP contribution in [0.15, 0.2) is 10.4 Å². The van der Waals surface area contributed by atoms with Gasteiger partial charge in [0.1, 0.15) is 6.04 Å². The second-order valence-electron chi connectivity index (χ2n) is 4.58. The van der Waals surface area contributed by atoms with Gasteiger partial charge in [-0.1, -0.05) is 30.0 Å². The first-order valence-corrected chi connectivity index (χ1v) is 8.43. The van der Waals surface area contributed by atoms with E-state index >= 15 is 0 Å². The van der Waals surface area contributed by atoms with Crippen molar-refractivity contribution in [3.8, 4) is 0 Å². The first kappa shape index (κ1) is 17.7. The molecule has 1 N–H and O–H groups in total. The van der Waals surface area contributed by atoms with Crippen molar-refractivity contribution in [1.82, 2.24) is 20.0 Å². The van der Waals surface area contributed by atoms with Crippen LogP contribution < -0.4 is 5.32 Å². The number of hydrogen-bond donors (Lipinski definition) is 1. The van der Waals surface area contributed by atoms with Crippen LogP contribution in [0.4, 0.5) is 18.3 Å². The maximum Gasteiger partial charge on any atom is 0.435 e. The molecule has 0 aliphatic heterocycles. The number of aromatic nitrogens is 4. The highest BCUT2D eigenvalue weighted by atomic mass is 32.2. The molecule has 0 spiro atoms. The SMILES string of the molecule is CCSc1nnc(NC(=O)C(C)n2nc(C(F)(F)F)cc2C)s1. The molecule has 23 heavy (non-hydrogen) atoms. The summed E-state index contributed by atoms with van der Waals surface area (Å²) in [6, 6.07) is 0.00216. The Morgan fingerprint density at radius 2 is 2.17 bits per heavy atom. The smallest absolute Gasteiger partial charge is 0.299 e. The molecule has 0 radical (unpaired) electrons. The van der Waals surface area contributed by atoms with E-state index < -0.39 is 23.8 Å². The lowest BCUT2D eigenvalue weighted by atomic mass is 10.3. The molecular weight excluding hydrogens is 351 g/mol. The molecule has 2 rings (SSSR count). The Labute approximate surface area is 138 Å². The summed E-state index contributed by atoms with van der Waals surface area (Å²) >= 11 is 2.70. The predicted molar refractivity (Wildman–Crippen MR) is 81.6 cm³/mol. The average Bonchev–Trinajstić information content (AvgIpc) is 3.04. The average molecular weight is 365 g/mol. The van der Waals surface area contributed by atoms with Crippen molar-refractivity contribution in [3.05, 3.63) is 17.5 Å². The fraction of sp³-hybridized carbons (Fsp3) is 0.500. The van der Waals surface area contributed by atoms with Gasteiger partial charge in [0, 0.05) is 5.69 Å². The third-order valence-electron chi connectivity index (χ3n) is 2.86. The summed E-state index contributed by atoms with van der Waals surface area (Å²) < 4.78 is 39.8. The van der Waals surface area contributed by atoms with Crippen LogP contribution in [0.25, 0.3) is 0 Å². The summed E-state index contributed by atoms with van der Waals surface area (Å²) in [5.74, 6) is 0.320. The summed E-state index contributed by atoms with van der Waals surface area (Å²) in [5, 5.41) is 14.0. The molecule has 6 nitrogen and oxygen atoms in total. The van der Waals surface area contributed by atoms with Crippen LogP contribution in [0.5, 0.6) is 0 Å². The Morgan fingerprint density at radius 1 is 1.48 bits per heavy atom. The minimum Gasteiger partial charge on any atom is -0.299 e. The number of carbonyl (C=O) groups excluding carboxylic acids is 1. The topological polar surface area (TPSA) is 72.7 Å². The van der Waals surface area contributed by atoms with E-state index in [0.29, 0.717) is 9.47 Å². The molecule has 1 amide bonds. The fourth-order valence-electron chi connectivity index (χ4n) is 1.78. The highest BCUT2D eigenvalue weighted by Gasteiger charge is 2.35. The van der Waals surface area contributed by atoms with Crippen molar-refractivity contribution in [3.63, 3.8) is 0 Å². The second-order valence-corrected chi connectivity index (χ2v) is 7.07. The van der Waals surface area contributed by atoms with Gasteiger partial charge in [-0.15, -0.1) is 10.2 Å². The standard InChI is InChI=1S/C12H14F3N5OS2/c1-4-22-11-18-17-10(23-11)16-9(21)7(3)20-6(2)5-8(19-20)12(13,14)15/h5,7H,4H2,1-3H3,(H,16,17,21). The Morgan fingerprint density at radius 3 is 2.74 bits per heavy atom. The Kier molecular flexibility index (Phi) is 5.30. The van der Waals surface area contributed by atoms with Crippen molar-refractivity contribution in [1.29, 1.82) is 0 Å². The zero-order valence-corrected chi connectivity index (χ0v) is 14.1. The van der Waals surface area contributed by atoms with Crippen LogP contribution in [0, 0.1) is 6.92 Å². The number of anilines is 1. The van der Waals surface area contributed by atoms with Crippen molar-refractivity contribution < 1.29 is 18.0 Å². The highest BCUT2D eigenvalue weighted by Crippen LogP contribution is 2.30. The number of amides is 1. The molecule has 0 aliphatic rings. The largest absolute Gasteiger partial charge is 0.435 e. The van der Waals surface area contributed by atoms with Gasteiger partial charge >= 0.3 is 6.18 Å². The predicted octanol–water partition coefficient (Wildman–Crippen LogP) is 3.37. The van der Waals surface area contributed by atoms with Gasteiger partial charge in [0.2, 0.25) is 5.13 Å². The van der Waals surface area contributed by atoms with Crippen LogP contribution in [-0.2, 0) is 11.0 Å². The Balaban J connectivity index is 2.11. The van der Waals surface area contributed by atoms with Gasteiger partial charge in [-0.05, 0) is 25.7 Å². The Bertz CT molecular complexity index is 697. The van der Waals surface area contributed by atoms with E-state index in [9.17, 15) is 18.0 Å². The van der Waals surface area contributed by atoms with Crippen molar-refractivity contribution in [2.45, 2.75) is 37.3 Å². The summed E-state index contributed by atoms with van der Waals surface area (Å²) in [5.41, 5.74) is -0.772. The third-order valence-corrected chi connectivity index (χ3v) is 4.72. The summed E-state index contributed by atoms with van der Waals surface area (Å²) in [6.45, 7) is 4.90. The number of hydrogen-bond acceptors (Lipinski definition) is 6. The number of alkyl halides is 3. The highest BCUT2D eigenvalue weighted by molar-refractivity contribution is 8.01. The van der Waals surface area contributed by atoms with E-state index in [1.807, 2.05) is 6.92 Å². The number of thioether (sulfide) groups is 1. The first-order chi connectivity index (χ1) is 10.7. The molecule has 0 aromatic carbocycles. The first-order valence-electron chi connectivity index (χ1n) is 6.63. The lowest BCUT2D eigenvalue weighted by molar-refractivity contribution is -0.141. The number of nitrogens with one attached hydrogen (secondary N) is 1. The molecule has 2 aromatic rings. The van der Waals surface area contributed by atoms with Crippen LogP contribution in [0.3, 0.4) is 0 Å². The van der Waals surface area contributed by atoms with Crippen LogP contribution in [0.1, 0.15) is 31.3 Å². The molecule has 2 heterocycles. The summed E-state index contributed by atoms with van der Waals surface area (Å²) in [6.07, 6.45) is -4.54. The van der Waals surface area contributed by atoms with Crippen LogP contribution in [-0.4, -0.2) is 31.6 Å². The maximum atomic E-state index is 12.7. The van der Waals surface area contributed by atoms with Crippen LogP contribution in [0.2, 0.25) is 0 Å². The number of carbonyl (C=O) groups is 1. The second kappa shape index (κ2) is 6.87. The third kappa shape index (κ3) is 4.22. The summed E-state index contributed by atoms with van der Waals surface area (Å²) in [4.78, 5) is 12.2. The molecule has 0 saturated heterocycles. The van der Waals surface area contributed by atoms with E-state index in [0.717, 1.165) is 16.5 Å². The zero-order valence-electron chi connectivity index (χ0n) is 12.5. The maximum absolute atomic E-state index is 12.7. The van der Waals surface area contributed by atoms with E-state index in [4.69, 9.17) is 0 Å². The molecular formula is C12H14F3N5OS2. The molecule has 1 atom stereocenters. The quantitative estimate of drug-likeness (QED) is 0.650. The fourth-order valence-corrected chi connectivity index (χ4v) is 3.43. The monoisotopic (exact) mass is 365 g/mol. The number of nitrogens with zero attached hydrogens (tertiary/aromatic N) is 4. The van der Waals surface area contributed by atoms with E-state index in [2.05, 4.69) is 20.6 Å². The zero-order chi connectivity index (χ0) is 17.2. The molecule has 11 heteroatoms. The Hall–Kier alpha value is -1.62. The van der Waals surface area contributed by atoms with Gasteiger partial charge in [-0.25, -0.2) is 0 Å². The molecule has 0 aliphatic carbocycles. The van der Waals surface area contributed by atoms with Gasteiger partial charge < -0.3 is 0 Å². The summed E-state index contributed by atoms with van der Waals surface area (Å²) in [7, 11) is 0. The molecule has 1 unspecified atom stereocenters. The van der Waals surface area contributed by atoms with Gasteiger partial charge in [0.15, 0.2) is 10.0 Å². The van der Waals surface area contributed by atoms with Crippen LogP contribution >= 0.6 is 23.1 Å². The molecule has 2 aromatic heterocycles. The molecule has 0 fully saturated rings. The molecule has 0 bridgehead atoms. The lowest BCUT2D eigenvalue weighted by Crippen LogP contribution is -2.25. The van der Waals surface area contributed by atoms with Gasteiger partial charge in [-0.3, -0.25) is 14.8 Å². The van der Waals surface area contributed by atoms with Gasteiger partial charge in [0.05, 0.1) is 0 Å². The molecule has 0 saturated carbocycles. The van der Waals surface area contributed by atoms with E-state index in [1.54, 1.807) is 0 Å². The molecule has 126 valence electrons. The van der Waals surface area contributed by atoms with Crippen molar-refractivity contribution >= 4 is 34.1 Å². The number of halogens is 3. The van der Waals surface area contributed by atoms with Gasteiger partial charge in [-0.2, -0.15) is 18.3 Å². The number of aryl methyl sites for hydroxylation is 1. The number of rotatable bonds is 5. The van der Waals surface area contributed by atoms with E-state index in [-0.39, 0.29) is 5.69 Å². The van der Waals surface area contributed by atoms with Crippen molar-refractivity contribution in [2.75, 3.05) is 11.1 Å². The normalized spacial score (nSPS) is 13.1. The minimum atomic E-state index is -4.54.